The van der Waals surface area contributed by atoms with E-state index in [1.165, 1.54) is 0 Å². The molecule has 1 N–H and O–H groups in total. The van der Waals surface area contributed by atoms with Gasteiger partial charge in [0.25, 0.3) is 5.56 Å². The summed E-state index contributed by atoms with van der Waals surface area (Å²) in [6.45, 7) is 3.79. The van der Waals surface area contributed by atoms with Gasteiger partial charge < -0.3 is 5.32 Å². The molecule has 4 nitrogen and oxygen atoms in total. The average molecular weight is 355 g/mol. The van der Waals surface area contributed by atoms with Gasteiger partial charge in [0.1, 0.15) is 6.04 Å². The molecule has 0 saturated heterocycles. The number of hydrogen-bond donors (Lipinski definition) is 1. The Balaban J connectivity index is 2.07. The summed E-state index contributed by atoms with van der Waals surface area (Å²) in [5.74, 6) is -0.258. The van der Waals surface area contributed by atoms with E-state index >= 15 is 0 Å². The maximum absolute atomic E-state index is 12.8. The summed E-state index contributed by atoms with van der Waals surface area (Å²) in [5, 5.41) is 4.26. The van der Waals surface area contributed by atoms with Crippen molar-refractivity contribution in [3.63, 3.8) is 0 Å². The number of fused-ring (bicyclic) bond motifs is 1. The lowest BCUT2D eigenvalue weighted by Crippen LogP contribution is -2.33. The van der Waals surface area contributed by atoms with Gasteiger partial charge in [0.2, 0.25) is 5.91 Å². The Morgan fingerprint density at radius 1 is 1.16 bits per heavy atom. The minimum Gasteiger partial charge on any atom is -0.323 e. The van der Waals surface area contributed by atoms with Gasteiger partial charge in [-0.3, -0.25) is 14.2 Å². The normalized spacial score (nSPS) is 12.1. The Morgan fingerprint density at radius 3 is 2.56 bits per heavy atom. The molecule has 0 bridgehead atoms. The van der Waals surface area contributed by atoms with Crippen molar-refractivity contribution in [2.45, 2.75) is 26.3 Å². The molecule has 1 unspecified atom stereocenters. The third-order valence-corrected chi connectivity index (χ3v) is 4.63. The second kappa shape index (κ2) is 7.11. The molecule has 0 saturated carbocycles. The summed E-state index contributed by atoms with van der Waals surface area (Å²) < 4.78 is 1.56. The summed E-state index contributed by atoms with van der Waals surface area (Å²) >= 11 is 6.13. The molecule has 1 amide bonds. The van der Waals surface area contributed by atoms with Crippen molar-refractivity contribution in [1.29, 1.82) is 0 Å². The maximum atomic E-state index is 12.8. The van der Waals surface area contributed by atoms with Crippen LogP contribution in [0, 0.1) is 6.92 Å². The van der Waals surface area contributed by atoms with Crippen LogP contribution in [0.25, 0.3) is 10.9 Å². The molecule has 2 aromatic carbocycles. The number of para-hydroxylation sites is 2. The summed E-state index contributed by atoms with van der Waals surface area (Å²) in [5.41, 5.74) is 2.02. The highest BCUT2D eigenvalue weighted by atomic mass is 35.5. The first-order valence-electron chi connectivity index (χ1n) is 8.19. The topological polar surface area (TPSA) is 51.1 Å². The molecule has 128 valence electrons. The molecular weight excluding hydrogens is 336 g/mol. The molecule has 3 rings (SSSR count). The lowest BCUT2D eigenvalue weighted by molar-refractivity contribution is -0.119. The van der Waals surface area contributed by atoms with E-state index in [9.17, 15) is 9.59 Å². The Hall–Kier alpha value is -2.59. The van der Waals surface area contributed by atoms with Gasteiger partial charge in [0.15, 0.2) is 0 Å². The lowest BCUT2D eigenvalue weighted by atomic mass is 10.1. The summed E-state index contributed by atoms with van der Waals surface area (Å²) in [7, 11) is 0. The van der Waals surface area contributed by atoms with Crippen LogP contribution in [0.4, 0.5) is 5.69 Å². The number of benzene rings is 2. The van der Waals surface area contributed by atoms with E-state index in [-0.39, 0.29) is 11.5 Å². The van der Waals surface area contributed by atoms with E-state index in [2.05, 4.69) is 5.32 Å². The van der Waals surface area contributed by atoms with Crippen molar-refractivity contribution in [3.05, 3.63) is 75.5 Å². The Morgan fingerprint density at radius 2 is 1.84 bits per heavy atom. The van der Waals surface area contributed by atoms with E-state index < -0.39 is 6.04 Å². The molecule has 25 heavy (non-hydrogen) atoms. The number of nitrogens with one attached hydrogen (secondary N) is 1. The highest BCUT2D eigenvalue weighted by Crippen LogP contribution is 2.25. The SMILES string of the molecule is CCC(C(=O)Nc1ccccc1Cl)n1c(=O)cc(C)c2ccccc21. The predicted octanol–water partition coefficient (Wildman–Crippen LogP) is 4.55. The van der Waals surface area contributed by atoms with Crippen LogP contribution in [0.3, 0.4) is 0 Å². The minimum absolute atomic E-state index is 0.183. The molecule has 0 aliphatic heterocycles. The Bertz CT molecular complexity index is 994. The van der Waals surface area contributed by atoms with Crippen molar-refractivity contribution < 1.29 is 4.79 Å². The average Bonchev–Trinajstić information content (AvgIpc) is 2.60. The molecule has 1 atom stereocenters. The zero-order valence-electron chi connectivity index (χ0n) is 14.1. The molecule has 3 aromatic rings. The van der Waals surface area contributed by atoms with Gasteiger partial charge in [-0.25, -0.2) is 0 Å². The van der Waals surface area contributed by atoms with Crippen LogP contribution < -0.4 is 10.9 Å². The number of anilines is 1. The van der Waals surface area contributed by atoms with Crippen molar-refractivity contribution >= 4 is 34.1 Å². The van der Waals surface area contributed by atoms with Crippen LogP contribution in [-0.2, 0) is 4.79 Å². The molecular formula is C20H19ClN2O2. The number of halogens is 1. The lowest BCUT2D eigenvalue weighted by Gasteiger charge is -2.21. The van der Waals surface area contributed by atoms with E-state index in [0.717, 1.165) is 16.5 Å². The molecule has 0 fully saturated rings. The van der Waals surface area contributed by atoms with Gasteiger partial charge in [-0.1, -0.05) is 48.9 Å². The highest BCUT2D eigenvalue weighted by Gasteiger charge is 2.22. The van der Waals surface area contributed by atoms with Crippen LogP contribution in [0.2, 0.25) is 5.02 Å². The molecule has 0 aliphatic rings. The van der Waals surface area contributed by atoms with Crippen molar-refractivity contribution in [2.24, 2.45) is 0 Å². The molecule has 0 spiro atoms. The van der Waals surface area contributed by atoms with Gasteiger partial charge in [0, 0.05) is 11.5 Å². The van der Waals surface area contributed by atoms with Gasteiger partial charge in [0.05, 0.1) is 16.2 Å². The number of carbonyl (C=O) groups excluding carboxylic acids is 1. The monoisotopic (exact) mass is 354 g/mol. The number of nitrogens with zero attached hydrogens (tertiary/aromatic N) is 1. The highest BCUT2D eigenvalue weighted by molar-refractivity contribution is 6.33. The van der Waals surface area contributed by atoms with Gasteiger partial charge in [-0.05, 0) is 37.1 Å². The second-order valence-corrected chi connectivity index (χ2v) is 6.35. The summed E-state index contributed by atoms with van der Waals surface area (Å²) in [4.78, 5) is 25.5. The Kier molecular flexibility index (Phi) is 4.91. The number of pyridine rings is 1. The van der Waals surface area contributed by atoms with E-state index in [1.807, 2.05) is 38.1 Å². The fourth-order valence-electron chi connectivity index (χ4n) is 3.05. The number of amides is 1. The standard InChI is InChI=1S/C20H19ClN2O2/c1-3-17(20(25)22-16-10-6-5-9-15(16)21)23-18-11-7-4-8-14(18)13(2)12-19(23)24/h4-12,17H,3H2,1-2H3,(H,22,25). The first-order chi connectivity index (χ1) is 12.0. The fraction of sp³-hybridized carbons (Fsp3) is 0.200. The van der Waals surface area contributed by atoms with Gasteiger partial charge >= 0.3 is 0 Å². The molecule has 0 aliphatic carbocycles. The maximum Gasteiger partial charge on any atom is 0.252 e. The van der Waals surface area contributed by atoms with Crippen LogP contribution >= 0.6 is 11.6 Å². The van der Waals surface area contributed by atoms with Crippen molar-refractivity contribution in [2.75, 3.05) is 5.32 Å². The third-order valence-electron chi connectivity index (χ3n) is 4.30. The summed E-state index contributed by atoms with van der Waals surface area (Å²) in [6, 6.07) is 15.6. The van der Waals surface area contributed by atoms with E-state index in [4.69, 9.17) is 11.6 Å². The summed E-state index contributed by atoms with van der Waals surface area (Å²) in [6.07, 6.45) is 0.489. The predicted molar refractivity (Wildman–Crippen MR) is 102 cm³/mol. The first kappa shape index (κ1) is 17.2. The molecule has 1 heterocycles. The van der Waals surface area contributed by atoms with Gasteiger partial charge in [-0.15, -0.1) is 0 Å². The van der Waals surface area contributed by atoms with Crippen LogP contribution in [-0.4, -0.2) is 10.5 Å². The molecule has 0 radical (unpaired) electrons. The molecule has 5 heteroatoms. The number of rotatable bonds is 4. The van der Waals surface area contributed by atoms with Crippen LogP contribution in [0.15, 0.2) is 59.4 Å². The van der Waals surface area contributed by atoms with Gasteiger partial charge in [-0.2, -0.15) is 0 Å². The van der Waals surface area contributed by atoms with E-state index in [0.29, 0.717) is 17.1 Å². The Labute approximate surface area is 151 Å². The number of aryl methyl sites for hydroxylation is 1. The number of hydrogen-bond acceptors (Lipinski definition) is 2. The number of carbonyl (C=O) groups is 1. The first-order valence-corrected chi connectivity index (χ1v) is 8.57. The zero-order chi connectivity index (χ0) is 18.0. The smallest absolute Gasteiger partial charge is 0.252 e. The second-order valence-electron chi connectivity index (χ2n) is 5.95. The van der Waals surface area contributed by atoms with Crippen LogP contribution in [0.5, 0.6) is 0 Å². The van der Waals surface area contributed by atoms with Crippen LogP contribution in [0.1, 0.15) is 24.9 Å². The molecule has 1 aromatic heterocycles. The largest absolute Gasteiger partial charge is 0.323 e. The quantitative estimate of drug-likeness (QED) is 0.747. The van der Waals surface area contributed by atoms with E-state index in [1.54, 1.807) is 34.9 Å². The number of aromatic nitrogens is 1. The fourth-order valence-corrected chi connectivity index (χ4v) is 3.24. The van der Waals surface area contributed by atoms with Crippen molar-refractivity contribution in [1.82, 2.24) is 4.57 Å². The van der Waals surface area contributed by atoms with Crippen molar-refractivity contribution in [3.8, 4) is 0 Å². The zero-order valence-corrected chi connectivity index (χ0v) is 14.9. The minimum atomic E-state index is -0.616. The third kappa shape index (κ3) is 3.30.